The molecule has 1 aromatic rings. The summed E-state index contributed by atoms with van der Waals surface area (Å²) in [5, 5.41) is 15.7. The molecule has 3 nitrogen and oxygen atoms in total. The molecule has 1 aliphatic rings. The first-order valence-electron chi connectivity index (χ1n) is 6.80. The quantitative estimate of drug-likeness (QED) is 0.876. The Kier molecular flexibility index (Phi) is 4.39. The van der Waals surface area contributed by atoms with Crippen LogP contribution in [0.1, 0.15) is 37.3 Å². The molecule has 0 spiro atoms. The molecule has 1 heterocycles. The van der Waals surface area contributed by atoms with Gasteiger partial charge in [-0.05, 0) is 51.8 Å². The van der Waals surface area contributed by atoms with Gasteiger partial charge in [0.2, 0.25) is 0 Å². The topological polar surface area (TPSA) is 47.9 Å². The number of nitriles is 1. The molecule has 0 amide bonds. The summed E-state index contributed by atoms with van der Waals surface area (Å²) in [7, 11) is 0. The number of halogens is 1. The maximum atomic E-state index is 13.7. The van der Waals surface area contributed by atoms with Gasteiger partial charge in [0.15, 0.2) is 0 Å². The zero-order valence-electron chi connectivity index (χ0n) is 11.5. The second-order valence-corrected chi connectivity index (χ2v) is 5.32. The Morgan fingerprint density at radius 2 is 2.37 bits per heavy atom. The van der Waals surface area contributed by atoms with Crippen molar-refractivity contribution in [1.82, 2.24) is 5.32 Å². The van der Waals surface area contributed by atoms with Crippen molar-refractivity contribution in [1.29, 1.82) is 5.26 Å². The normalized spacial score (nSPS) is 20.0. The summed E-state index contributed by atoms with van der Waals surface area (Å²) in [6, 6.07) is 5.79. The molecule has 2 N–H and O–H groups in total. The van der Waals surface area contributed by atoms with Gasteiger partial charge in [-0.2, -0.15) is 5.26 Å². The lowest BCUT2D eigenvalue weighted by atomic mass is 10.0. The minimum absolute atomic E-state index is 0.252. The highest BCUT2D eigenvalue weighted by Gasteiger charge is 2.17. The van der Waals surface area contributed by atoms with Gasteiger partial charge in [0.25, 0.3) is 0 Å². The summed E-state index contributed by atoms with van der Waals surface area (Å²) in [4.78, 5) is 0. The molecule has 0 aliphatic carbocycles. The molecule has 0 aromatic heterocycles. The Bertz CT molecular complexity index is 487. The molecular weight excluding hydrogens is 241 g/mol. The molecule has 1 aliphatic heterocycles. The van der Waals surface area contributed by atoms with Gasteiger partial charge in [0, 0.05) is 23.3 Å². The van der Waals surface area contributed by atoms with Crippen molar-refractivity contribution in [3.05, 3.63) is 29.1 Å². The van der Waals surface area contributed by atoms with Gasteiger partial charge in [0.05, 0.1) is 11.6 Å². The summed E-state index contributed by atoms with van der Waals surface area (Å²) in [5.41, 5.74) is 1.66. The van der Waals surface area contributed by atoms with Crippen LogP contribution in [0.4, 0.5) is 10.1 Å². The van der Waals surface area contributed by atoms with E-state index in [0.717, 1.165) is 18.7 Å². The first-order valence-corrected chi connectivity index (χ1v) is 6.80. The number of hydrogen-bond acceptors (Lipinski definition) is 3. The monoisotopic (exact) mass is 261 g/mol. The van der Waals surface area contributed by atoms with E-state index in [2.05, 4.69) is 17.6 Å². The van der Waals surface area contributed by atoms with E-state index < -0.39 is 0 Å². The van der Waals surface area contributed by atoms with Crippen LogP contribution in [0.5, 0.6) is 0 Å². The summed E-state index contributed by atoms with van der Waals surface area (Å²) < 4.78 is 13.7. The molecule has 0 saturated carbocycles. The van der Waals surface area contributed by atoms with E-state index in [4.69, 9.17) is 5.26 Å². The highest BCUT2D eigenvalue weighted by molar-refractivity contribution is 5.56. The fourth-order valence-corrected chi connectivity index (χ4v) is 2.60. The maximum absolute atomic E-state index is 13.7. The van der Waals surface area contributed by atoms with Crippen LogP contribution in [0, 0.1) is 24.1 Å². The average Bonchev–Trinajstić information content (AvgIpc) is 2.87. The predicted molar refractivity (Wildman–Crippen MR) is 74.6 cm³/mol. The summed E-state index contributed by atoms with van der Waals surface area (Å²) in [6.45, 7) is 4.92. The zero-order chi connectivity index (χ0) is 13.8. The van der Waals surface area contributed by atoms with Gasteiger partial charge >= 0.3 is 0 Å². The highest BCUT2D eigenvalue weighted by atomic mass is 19.1. The Morgan fingerprint density at radius 1 is 1.58 bits per heavy atom. The van der Waals surface area contributed by atoms with Gasteiger partial charge in [0.1, 0.15) is 5.82 Å². The van der Waals surface area contributed by atoms with E-state index >= 15 is 0 Å². The van der Waals surface area contributed by atoms with Gasteiger partial charge in [-0.15, -0.1) is 0 Å². The fourth-order valence-electron chi connectivity index (χ4n) is 2.60. The first kappa shape index (κ1) is 13.8. The number of nitrogens with one attached hydrogen (secondary N) is 2. The second kappa shape index (κ2) is 6.03. The summed E-state index contributed by atoms with van der Waals surface area (Å²) >= 11 is 0. The number of anilines is 1. The molecule has 19 heavy (non-hydrogen) atoms. The Labute approximate surface area is 113 Å². The van der Waals surface area contributed by atoms with Crippen molar-refractivity contribution in [2.24, 2.45) is 0 Å². The Balaban J connectivity index is 2.05. The van der Waals surface area contributed by atoms with Crippen LogP contribution < -0.4 is 10.6 Å². The molecule has 2 atom stereocenters. The number of nitrogens with zero attached hydrogens (tertiary/aromatic N) is 1. The number of rotatable bonds is 4. The van der Waals surface area contributed by atoms with Crippen LogP contribution in [0.15, 0.2) is 12.1 Å². The zero-order valence-corrected chi connectivity index (χ0v) is 11.5. The first-order chi connectivity index (χ1) is 9.10. The smallest absolute Gasteiger partial charge is 0.129 e. The van der Waals surface area contributed by atoms with E-state index in [1.807, 2.05) is 6.07 Å². The molecule has 1 fully saturated rings. The van der Waals surface area contributed by atoms with Crippen LogP contribution in [0.3, 0.4) is 0 Å². The third-order valence-electron chi connectivity index (χ3n) is 3.68. The second-order valence-electron chi connectivity index (χ2n) is 5.32. The molecule has 2 rings (SSSR count). The van der Waals surface area contributed by atoms with E-state index in [0.29, 0.717) is 17.2 Å². The average molecular weight is 261 g/mol. The molecule has 2 unspecified atom stereocenters. The van der Waals surface area contributed by atoms with Crippen LogP contribution >= 0.6 is 0 Å². The van der Waals surface area contributed by atoms with Crippen LogP contribution in [-0.2, 0) is 0 Å². The van der Waals surface area contributed by atoms with Crippen LogP contribution in [-0.4, -0.2) is 18.6 Å². The van der Waals surface area contributed by atoms with Crippen molar-refractivity contribution in [3.8, 4) is 6.07 Å². The summed E-state index contributed by atoms with van der Waals surface area (Å²) in [6.07, 6.45) is 3.45. The lowest BCUT2D eigenvalue weighted by Gasteiger charge is -2.21. The van der Waals surface area contributed by atoms with Gasteiger partial charge in [-0.1, -0.05) is 0 Å². The lowest BCUT2D eigenvalue weighted by Crippen LogP contribution is -2.29. The summed E-state index contributed by atoms with van der Waals surface area (Å²) in [5.74, 6) is -0.326. The van der Waals surface area contributed by atoms with E-state index in [9.17, 15) is 4.39 Å². The number of hydrogen-bond donors (Lipinski definition) is 2. The largest absolute Gasteiger partial charge is 0.382 e. The molecule has 4 heteroatoms. The minimum atomic E-state index is -0.326. The molecule has 1 aromatic carbocycles. The molecule has 1 saturated heterocycles. The SMILES string of the molecule is Cc1c(F)cc(C#N)cc1NC(C)CC1CCCN1. The van der Waals surface area contributed by atoms with Crippen molar-refractivity contribution in [2.75, 3.05) is 11.9 Å². The van der Waals surface area contributed by atoms with Crippen LogP contribution in [0.25, 0.3) is 0 Å². The third-order valence-corrected chi connectivity index (χ3v) is 3.68. The highest BCUT2D eigenvalue weighted by Crippen LogP contribution is 2.22. The lowest BCUT2D eigenvalue weighted by molar-refractivity contribution is 0.523. The van der Waals surface area contributed by atoms with E-state index in [1.165, 1.54) is 18.9 Å². The standard InChI is InChI=1S/C15H20FN3/c1-10(6-13-4-3-5-18-13)19-15-8-12(9-17)7-14(16)11(15)2/h7-8,10,13,18-19H,3-6H2,1-2H3. The van der Waals surface area contributed by atoms with Gasteiger partial charge in [-0.25, -0.2) is 4.39 Å². The maximum Gasteiger partial charge on any atom is 0.129 e. The van der Waals surface area contributed by atoms with Gasteiger partial charge in [-0.3, -0.25) is 0 Å². The Hall–Kier alpha value is -1.60. The van der Waals surface area contributed by atoms with Crippen molar-refractivity contribution < 1.29 is 4.39 Å². The van der Waals surface area contributed by atoms with E-state index in [1.54, 1.807) is 13.0 Å². The number of benzene rings is 1. The van der Waals surface area contributed by atoms with E-state index in [-0.39, 0.29) is 11.9 Å². The molecule has 0 radical (unpaired) electrons. The van der Waals surface area contributed by atoms with Crippen molar-refractivity contribution in [3.63, 3.8) is 0 Å². The predicted octanol–water partition coefficient (Wildman–Crippen LogP) is 2.95. The minimum Gasteiger partial charge on any atom is -0.382 e. The molecule has 102 valence electrons. The van der Waals surface area contributed by atoms with Crippen LogP contribution in [0.2, 0.25) is 0 Å². The molecule has 0 bridgehead atoms. The van der Waals surface area contributed by atoms with Crippen molar-refractivity contribution in [2.45, 2.75) is 45.2 Å². The third kappa shape index (κ3) is 3.45. The van der Waals surface area contributed by atoms with Crippen molar-refractivity contribution >= 4 is 5.69 Å². The Morgan fingerprint density at radius 3 is 3.00 bits per heavy atom. The molecular formula is C15H20FN3. The fraction of sp³-hybridized carbons (Fsp3) is 0.533. The van der Waals surface area contributed by atoms with Gasteiger partial charge < -0.3 is 10.6 Å².